The SMILES string of the molecule is CCNc1cc(C)nc(CSc2ccc(C)cc2)n1. The molecule has 0 amide bonds. The Bertz CT molecular complexity index is 538. The van der Waals surface area contributed by atoms with Crippen molar-refractivity contribution in [3.63, 3.8) is 0 Å². The highest BCUT2D eigenvalue weighted by molar-refractivity contribution is 7.98. The van der Waals surface area contributed by atoms with E-state index in [0.717, 1.165) is 29.6 Å². The molecule has 0 atom stereocenters. The Morgan fingerprint density at radius 1 is 1.11 bits per heavy atom. The van der Waals surface area contributed by atoms with Crippen LogP contribution in [0.3, 0.4) is 0 Å². The fourth-order valence-corrected chi connectivity index (χ4v) is 2.50. The van der Waals surface area contributed by atoms with Crippen molar-refractivity contribution in [3.05, 3.63) is 47.4 Å². The second-order valence-corrected chi connectivity index (χ2v) is 5.49. The van der Waals surface area contributed by atoms with E-state index in [9.17, 15) is 0 Å². The summed E-state index contributed by atoms with van der Waals surface area (Å²) >= 11 is 1.76. The van der Waals surface area contributed by atoms with Gasteiger partial charge in [-0.2, -0.15) is 0 Å². The monoisotopic (exact) mass is 273 g/mol. The Balaban J connectivity index is 2.04. The molecule has 1 heterocycles. The van der Waals surface area contributed by atoms with Crippen molar-refractivity contribution < 1.29 is 0 Å². The molecule has 2 aromatic rings. The molecule has 0 aliphatic heterocycles. The molecule has 0 radical (unpaired) electrons. The van der Waals surface area contributed by atoms with Gasteiger partial charge >= 0.3 is 0 Å². The highest BCUT2D eigenvalue weighted by Gasteiger charge is 2.03. The molecule has 3 nitrogen and oxygen atoms in total. The van der Waals surface area contributed by atoms with Gasteiger partial charge in [0.2, 0.25) is 0 Å². The number of thioether (sulfide) groups is 1. The minimum absolute atomic E-state index is 0.795. The highest BCUT2D eigenvalue weighted by Crippen LogP contribution is 2.22. The maximum Gasteiger partial charge on any atom is 0.141 e. The lowest BCUT2D eigenvalue weighted by atomic mass is 10.2. The molecule has 0 bridgehead atoms. The number of rotatable bonds is 5. The number of aromatic nitrogens is 2. The number of anilines is 1. The lowest BCUT2D eigenvalue weighted by Crippen LogP contribution is -2.04. The van der Waals surface area contributed by atoms with Crippen LogP contribution >= 0.6 is 11.8 Å². The second kappa shape index (κ2) is 6.57. The zero-order valence-electron chi connectivity index (χ0n) is 11.6. The molecule has 1 aromatic carbocycles. The molecule has 0 aliphatic rings. The highest BCUT2D eigenvalue weighted by atomic mass is 32.2. The first-order chi connectivity index (χ1) is 9.17. The molecule has 19 heavy (non-hydrogen) atoms. The zero-order valence-corrected chi connectivity index (χ0v) is 12.4. The molecule has 100 valence electrons. The standard InChI is InChI=1S/C15H19N3S/c1-4-16-14-9-12(3)17-15(18-14)10-19-13-7-5-11(2)6-8-13/h5-9H,4,10H2,1-3H3,(H,16,17,18). The fraction of sp³-hybridized carbons (Fsp3) is 0.333. The Kier molecular flexibility index (Phi) is 4.80. The van der Waals surface area contributed by atoms with E-state index >= 15 is 0 Å². The summed E-state index contributed by atoms with van der Waals surface area (Å²) in [6.07, 6.45) is 0. The van der Waals surface area contributed by atoms with Crippen LogP contribution in [0.1, 0.15) is 24.0 Å². The second-order valence-electron chi connectivity index (χ2n) is 4.44. The summed E-state index contributed by atoms with van der Waals surface area (Å²) in [7, 11) is 0. The zero-order chi connectivity index (χ0) is 13.7. The molecule has 0 spiro atoms. The van der Waals surface area contributed by atoms with Gasteiger partial charge in [-0.05, 0) is 32.9 Å². The largest absolute Gasteiger partial charge is 0.370 e. The molecule has 0 saturated carbocycles. The Morgan fingerprint density at radius 3 is 2.53 bits per heavy atom. The first-order valence-corrected chi connectivity index (χ1v) is 7.44. The minimum atomic E-state index is 0.795. The third-order valence-corrected chi connectivity index (χ3v) is 3.66. The van der Waals surface area contributed by atoms with E-state index in [0.29, 0.717) is 0 Å². The molecule has 1 aromatic heterocycles. The average molecular weight is 273 g/mol. The van der Waals surface area contributed by atoms with Crippen LogP contribution < -0.4 is 5.32 Å². The van der Waals surface area contributed by atoms with Gasteiger partial charge in [0.25, 0.3) is 0 Å². The van der Waals surface area contributed by atoms with E-state index in [2.05, 4.69) is 53.4 Å². The van der Waals surface area contributed by atoms with Gasteiger partial charge in [0.15, 0.2) is 0 Å². The Hall–Kier alpha value is -1.55. The first-order valence-electron chi connectivity index (χ1n) is 6.45. The van der Waals surface area contributed by atoms with Crippen LogP contribution in [0.4, 0.5) is 5.82 Å². The fourth-order valence-electron chi connectivity index (χ4n) is 1.75. The molecule has 4 heteroatoms. The maximum atomic E-state index is 4.51. The van der Waals surface area contributed by atoms with Gasteiger partial charge in [0.05, 0.1) is 5.75 Å². The Labute approximate surface area is 118 Å². The minimum Gasteiger partial charge on any atom is -0.370 e. The van der Waals surface area contributed by atoms with Gasteiger partial charge in [0.1, 0.15) is 11.6 Å². The average Bonchev–Trinajstić information content (AvgIpc) is 2.38. The number of aryl methyl sites for hydroxylation is 2. The molecular weight excluding hydrogens is 254 g/mol. The van der Waals surface area contributed by atoms with Crippen LogP contribution in [0.15, 0.2) is 35.2 Å². The lowest BCUT2D eigenvalue weighted by Gasteiger charge is -2.07. The van der Waals surface area contributed by atoms with Gasteiger partial charge in [-0.3, -0.25) is 0 Å². The Morgan fingerprint density at radius 2 is 1.84 bits per heavy atom. The van der Waals surface area contributed by atoms with E-state index < -0.39 is 0 Å². The summed E-state index contributed by atoms with van der Waals surface area (Å²) < 4.78 is 0. The van der Waals surface area contributed by atoms with Crippen molar-refractivity contribution in [3.8, 4) is 0 Å². The van der Waals surface area contributed by atoms with Crippen molar-refractivity contribution >= 4 is 17.6 Å². The van der Waals surface area contributed by atoms with Crippen molar-refractivity contribution in [2.75, 3.05) is 11.9 Å². The number of nitrogens with zero attached hydrogens (tertiary/aromatic N) is 2. The van der Waals surface area contributed by atoms with Gasteiger partial charge in [-0.1, -0.05) is 17.7 Å². The van der Waals surface area contributed by atoms with Crippen LogP contribution in [0.5, 0.6) is 0 Å². The lowest BCUT2D eigenvalue weighted by molar-refractivity contribution is 0.986. The summed E-state index contributed by atoms with van der Waals surface area (Å²) in [5.41, 5.74) is 2.29. The quantitative estimate of drug-likeness (QED) is 0.840. The van der Waals surface area contributed by atoms with E-state index in [1.54, 1.807) is 11.8 Å². The van der Waals surface area contributed by atoms with E-state index in [1.807, 2.05) is 13.0 Å². The third kappa shape index (κ3) is 4.24. The number of hydrogen-bond donors (Lipinski definition) is 1. The normalized spacial score (nSPS) is 10.5. The van der Waals surface area contributed by atoms with Crippen LogP contribution in [0.2, 0.25) is 0 Å². The van der Waals surface area contributed by atoms with Crippen LogP contribution in [0.25, 0.3) is 0 Å². The van der Waals surface area contributed by atoms with Crippen molar-refractivity contribution in [1.29, 1.82) is 0 Å². The van der Waals surface area contributed by atoms with Crippen LogP contribution in [-0.2, 0) is 5.75 Å². The maximum absolute atomic E-state index is 4.51. The van der Waals surface area contributed by atoms with E-state index in [4.69, 9.17) is 0 Å². The van der Waals surface area contributed by atoms with Crippen molar-refractivity contribution in [1.82, 2.24) is 9.97 Å². The van der Waals surface area contributed by atoms with Gasteiger partial charge < -0.3 is 5.32 Å². The number of benzene rings is 1. The van der Waals surface area contributed by atoms with Gasteiger partial charge in [-0.15, -0.1) is 11.8 Å². The third-order valence-electron chi connectivity index (χ3n) is 2.65. The summed E-state index contributed by atoms with van der Waals surface area (Å²) in [6, 6.07) is 10.5. The van der Waals surface area contributed by atoms with Gasteiger partial charge in [-0.25, -0.2) is 9.97 Å². The smallest absolute Gasteiger partial charge is 0.141 e. The molecule has 2 rings (SSSR count). The topological polar surface area (TPSA) is 37.8 Å². The van der Waals surface area contributed by atoms with Crippen LogP contribution in [0, 0.1) is 13.8 Å². The van der Waals surface area contributed by atoms with E-state index in [-0.39, 0.29) is 0 Å². The molecular formula is C15H19N3S. The van der Waals surface area contributed by atoms with Crippen molar-refractivity contribution in [2.45, 2.75) is 31.4 Å². The van der Waals surface area contributed by atoms with E-state index in [1.165, 1.54) is 10.5 Å². The number of hydrogen-bond acceptors (Lipinski definition) is 4. The summed E-state index contributed by atoms with van der Waals surface area (Å²) in [5, 5.41) is 3.23. The summed E-state index contributed by atoms with van der Waals surface area (Å²) in [4.78, 5) is 10.2. The first kappa shape index (κ1) is 13.9. The predicted octanol–water partition coefficient (Wildman–Crippen LogP) is 3.82. The molecule has 0 fully saturated rings. The summed E-state index contributed by atoms with van der Waals surface area (Å²) in [6.45, 7) is 7.04. The predicted molar refractivity (Wildman–Crippen MR) is 81.7 cm³/mol. The molecule has 1 N–H and O–H groups in total. The van der Waals surface area contributed by atoms with Crippen LogP contribution in [-0.4, -0.2) is 16.5 Å². The number of nitrogens with one attached hydrogen (secondary N) is 1. The summed E-state index contributed by atoms with van der Waals surface area (Å²) in [5.74, 6) is 2.58. The van der Waals surface area contributed by atoms with Gasteiger partial charge in [0, 0.05) is 23.2 Å². The molecule has 0 saturated heterocycles. The molecule has 0 aliphatic carbocycles. The van der Waals surface area contributed by atoms with Crippen molar-refractivity contribution in [2.24, 2.45) is 0 Å². The molecule has 0 unspecified atom stereocenters.